The fourth-order valence-electron chi connectivity index (χ4n) is 2.38. The molecule has 1 aromatic carbocycles. The van der Waals surface area contributed by atoms with Crippen molar-refractivity contribution in [3.63, 3.8) is 0 Å². The Morgan fingerprint density at radius 1 is 1.47 bits per heavy atom. The number of phenolic OH excluding ortho intramolecular Hbond substituents is 1. The molecule has 1 aliphatic rings. The number of piperazine rings is 1. The number of hydrogen-bond donors (Lipinski definition) is 2. The molecule has 3 nitrogen and oxygen atoms in total. The number of rotatable bonds is 3. The summed E-state index contributed by atoms with van der Waals surface area (Å²) < 4.78 is 0. The predicted molar refractivity (Wildman–Crippen MR) is 70.1 cm³/mol. The zero-order chi connectivity index (χ0) is 12.3. The summed E-state index contributed by atoms with van der Waals surface area (Å²) in [4.78, 5) is 2.49. The van der Waals surface area contributed by atoms with Crippen LogP contribution in [0.4, 0.5) is 0 Å². The Morgan fingerprint density at radius 3 is 3.00 bits per heavy atom. The highest BCUT2D eigenvalue weighted by atomic mass is 16.3. The molecule has 2 rings (SSSR count). The summed E-state index contributed by atoms with van der Waals surface area (Å²) in [5.41, 5.74) is 1.19. The second kappa shape index (κ2) is 5.52. The van der Waals surface area contributed by atoms with Gasteiger partial charge in [0.05, 0.1) is 0 Å². The van der Waals surface area contributed by atoms with Gasteiger partial charge in [0.15, 0.2) is 0 Å². The summed E-state index contributed by atoms with van der Waals surface area (Å²) in [5.74, 6) is 0.359. The lowest BCUT2D eigenvalue weighted by molar-refractivity contribution is 0.131. The Hall–Kier alpha value is -1.06. The minimum atomic E-state index is 0.359. The number of phenols is 1. The molecule has 1 saturated heterocycles. The van der Waals surface area contributed by atoms with Gasteiger partial charge >= 0.3 is 0 Å². The Labute approximate surface area is 103 Å². The normalized spacial score (nSPS) is 26.0. The SMILES string of the molecule is CCC1CN(Cc2cccc(O)c2)C(C)CN1. The fourth-order valence-corrected chi connectivity index (χ4v) is 2.38. The molecule has 1 fully saturated rings. The Bertz CT molecular complexity index is 367. The molecule has 3 heteroatoms. The maximum Gasteiger partial charge on any atom is 0.115 e. The van der Waals surface area contributed by atoms with Gasteiger partial charge in [-0.25, -0.2) is 0 Å². The standard InChI is InChI=1S/C14H22N2O/c1-3-13-10-16(11(2)8-15-13)9-12-5-4-6-14(17)7-12/h4-7,11,13,15,17H,3,8-10H2,1-2H3. The molecule has 94 valence electrons. The topological polar surface area (TPSA) is 35.5 Å². The van der Waals surface area contributed by atoms with E-state index < -0.39 is 0 Å². The third-order valence-electron chi connectivity index (χ3n) is 3.57. The first-order valence-electron chi connectivity index (χ1n) is 6.44. The zero-order valence-corrected chi connectivity index (χ0v) is 10.7. The van der Waals surface area contributed by atoms with Crippen LogP contribution in [0.25, 0.3) is 0 Å². The highest BCUT2D eigenvalue weighted by molar-refractivity contribution is 5.27. The first-order chi connectivity index (χ1) is 8.19. The zero-order valence-electron chi connectivity index (χ0n) is 10.7. The van der Waals surface area contributed by atoms with Crippen LogP contribution < -0.4 is 5.32 Å². The summed E-state index contributed by atoms with van der Waals surface area (Å²) in [6.45, 7) is 7.54. The van der Waals surface area contributed by atoms with Gasteiger partial charge in [0, 0.05) is 31.7 Å². The number of hydrogen-bond acceptors (Lipinski definition) is 3. The van der Waals surface area contributed by atoms with Gasteiger partial charge in [-0.2, -0.15) is 0 Å². The van der Waals surface area contributed by atoms with Crippen molar-refractivity contribution in [3.8, 4) is 5.75 Å². The molecule has 0 saturated carbocycles. The van der Waals surface area contributed by atoms with E-state index >= 15 is 0 Å². The molecule has 0 radical (unpaired) electrons. The number of nitrogens with zero attached hydrogens (tertiary/aromatic N) is 1. The van der Waals surface area contributed by atoms with E-state index in [9.17, 15) is 5.11 Å². The van der Waals surface area contributed by atoms with Crippen LogP contribution in [0.1, 0.15) is 25.8 Å². The third kappa shape index (κ3) is 3.20. The highest BCUT2D eigenvalue weighted by Gasteiger charge is 2.23. The summed E-state index contributed by atoms with van der Waals surface area (Å²) in [5, 5.41) is 13.0. The lowest BCUT2D eigenvalue weighted by Crippen LogP contribution is -2.54. The largest absolute Gasteiger partial charge is 0.508 e. The molecular formula is C14H22N2O. The molecule has 17 heavy (non-hydrogen) atoms. The Kier molecular flexibility index (Phi) is 4.02. The van der Waals surface area contributed by atoms with Gasteiger partial charge in [-0.3, -0.25) is 4.90 Å². The minimum Gasteiger partial charge on any atom is -0.508 e. The second-order valence-electron chi connectivity index (χ2n) is 4.96. The number of aromatic hydroxyl groups is 1. The molecule has 1 aliphatic heterocycles. The first kappa shape index (κ1) is 12.4. The van der Waals surface area contributed by atoms with E-state index in [2.05, 4.69) is 30.1 Å². The Balaban J connectivity index is 2.01. The van der Waals surface area contributed by atoms with E-state index in [0.29, 0.717) is 17.8 Å². The lowest BCUT2D eigenvalue weighted by atomic mass is 10.1. The molecule has 0 bridgehead atoms. The van der Waals surface area contributed by atoms with E-state index in [0.717, 1.165) is 19.6 Å². The monoisotopic (exact) mass is 234 g/mol. The summed E-state index contributed by atoms with van der Waals surface area (Å²) in [6.07, 6.45) is 1.17. The van der Waals surface area contributed by atoms with Crippen LogP contribution in [0.2, 0.25) is 0 Å². The van der Waals surface area contributed by atoms with Crippen LogP contribution >= 0.6 is 0 Å². The molecule has 2 atom stereocenters. The maximum absolute atomic E-state index is 9.48. The van der Waals surface area contributed by atoms with Crippen LogP contribution in [0.3, 0.4) is 0 Å². The molecular weight excluding hydrogens is 212 g/mol. The maximum atomic E-state index is 9.48. The van der Waals surface area contributed by atoms with E-state index in [4.69, 9.17) is 0 Å². The van der Waals surface area contributed by atoms with Crippen LogP contribution in [-0.2, 0) is 6.54 Å². The molecule has 0 spiro atoms. The number of nitrogens with one attached hydrogen (secondary N) is 1. The molecule has 2 unspecified atom stereocenters. The van der Waals surface area contributed by atoms with Crippen LogP contribution in [-0.4, -0.2) is 35.2 Å². The van der Waals surface area contributed by atoms with Crippen molar-refractivity contribution in [2.75, 3.05) is 13.1 Å². The molecule has 0 aliphatic carbocycles. The highest BCUT2D eigenvalue weighted by Crippen LogP contribution is 2.16. The van der Waals surface area contributed by atoms with Gasteiger partial charge in [0.25, 0.3) is 0 Å². The van der Waals surface area contributed by atoms with Crippen molar-refractivity contribution in [3.05, 3.63) is 29.8 Å². The fraction of sp³-hybridized carbons (Fsp3) is 0.571. The molecule has 1 aromatic rings. The average molecular weight is 234 g/mol. The smallest absolute Gasteiger partial charge is 0.115 e. The van der Waals surface area contributed by atoms with E-state index in [-0.39, 0.29) is 0 Å². The predicted octanol–water partition coefficient (Wildman–Crippen LogP) is 1.96. The van der Waals surface area contributed by atoms with Crippen molar-refractivity contribution >= 4 is 0 Å². The van der Waals surface area contributed by atoms with Crippen LogP contribution in [0, 0.1) is 0 Å². The summed E-state index contributed by atoms with van der Waals surface area (Å²) in [7, 11) is 0. The quantitative estimate of drug-likeness (QED) is 0.839. The van der Waals surface area contributed by atoms with Crippen molar-refractivity contribution < 1.29 is 5.11 Å². The first-order valence-corrected chi connectivity index (χ1v) is 6.44. The second-order valence-corrected chi connectivity index (χ2v) is 4.96. The number of benzene rings is 1. The van der Waals surface area contributed by atoms with Gasteiger partial charge in [-0.1, -0.05) is 19.1 Å². The van der Waals surface area contributed by atoms with Gasteiger partial charge in [-0.15, -0.1) is 0 Å². The van der Waals surface area contributed by atoms with Gasteiger partial charge < -0.3 is 10.4 Å². The van der Waals surface area contributed by atoms with E-state index in [1.165, 1.54) is 12.0 Å². The van der Waals surface area contributed by atoms with Crippen molar-refractivity contribution in [2.24, 2.45) is 0 Å². The van der Waals surface area contributed by atoms with Crippen LogP contribution in [0.5, 0.6) is 5.75 Å². The van der Waals surface area contributed by atoms with Crippen molar-refractivity contribution in [2.45, 2.75) is 38.9 Å². The lowest BCUT2D eigenvalue weighted by Gasteiger charge is -2.38. The van der Waals surface area contributed by atoms with Crippen molar-refractivity contribution in [1.82, 2.24) is 10.2 Å². The van der Waals surface area contributed by atoms with E-state index in [1.54, 1.807) is 6.07 Å². The molecule has 1 heterocycles. The average Bonchev–Trinajstić information content (AvgIpc) is 2.32. The molecule has 0 aromatic heterocycles. The summed E-state index contributed by atoms with van der Waals surface area (Å²) in [6, 6.07) is 8.73. The molecule has 2 N–H and O–H groups in total. The third-order valence-corrected chi connectivity index (χ3v) is 3.57. The van der Waals surface area contributed by atoms with Gasteiger partial charge in [0.2, 0.25) is 0 Å². The van der Waals surface area contributed by atoms with E-state index in [1.807, 2.05) is 12.1 Å². The van der Waals surface area contributed by atoms with Gasteiger partial charge in [0.1, 0.15) is 5.75 Å². The minimum absolute atomic E-state index is 0.359. The molecule has 0 amide bonds. The Morgan fingerprint density at radius 2 is 2.29 bits per heavy atom. The van der Waals surface area contributed by atoms with Crippen molar-refractivity contribution in [1.29, 1.82) is 0 Å². The van der Waals surface area contributed by atoms with Gasteiger partial charge in [-0.05, 0) is 31.0 Å². The summed E-state index contributed by atoms with van der Waals surface area (Å²) >= 11 is 0. The van der Waals surface area contributed by atoms with Crippen LogP contribution in [0.15, 0.2) is 24.3 Å².